The number of hydrogen-bond acceptors (Lipinski definition) is 3. The highest BCUT2D eigenvalue weighted by Gasteiger charge is 2.27. The van der Waals surface area contributed by atoms with E-state index in [-0.39, 0.29) is 6.10 Å². The Labute approximate surface area is 102 Å². The number of ether oxygens (including phenoxy) is 1. The third-order valence-corrected chi connectivity index (χ3v) is 4.03. The van der Waals surface area contributed by atoms with Crippen LogP contribution in [0.2, 0.25) is 0 Å². The summed E-state index contributed by atoms with van der Waals surface area (Å²) >= 11 is 0. The van der Waals surface area contributed by atoms with Crippen LogP contribution >= 0.6 is 0 Å². The Hall–Kier alpha value is -0.900. The molecule has 94 valence electrons. The Morgan fingerprint density at radius 1 is 1.12 bits per heavy atom. The van der Waals surface area contributed by atoms with Gasteiger partial charge in [-0.3, -0.25) is 5.10 Å². The summed E-state index contributed by atoms with van der Waals surface area (Å²) in [5, 5.41) is 7.47. The molecule has 1 aliphatic carbocycles. The van der Waals surface area contributed by atoms with Gasteiger partial charge in [0.2, 0.25) is 0 Å². The van der Waals surface area contributed by atoms with Crippen molar-refractivity contribution in [3.63, 3.8) is 0 Å². The minimum absolute atomic E-state index is 0.148. The van der Waals surface area contributed by atoms with Crippen LogP contribution in [0.5, 0.6) is 0 Å². The van der Waals surface area contributed by atoms with Crippen molar-refractivity contribution in [1.82, 2.24) is 15.2 Å². The SMILES string of the molecule is CC1CCC(c2nc(C3CCCCC3)n[nH]2)O1. The minimum atomic E-state index is 0.148. The summed E-state index contributed by atoms with van der Waals surface area (Å²) in [5.41, 5.74) is 0. The van der Waals surface area contributed by atoms with E-state index in [9.17, 15) is 0 Å². The Morgan fingerprint density at radius 2 is 1.94 bits per heavy atom. The maximum Gasteiger partial charge on any atom is 0.153 e. The summed E-state index contributed by atoms with van der Waals surface area (Å²) in [6, 6.07) is 0. The Morgan fingerprint density at radius 3 is 2.65 bits per heavy atom. The summed E-state index contributed by atoms with van der Waals surface area (Å²) < 4.78 is 5.81. The average Bonchev–Trinajstić information content (AvgIpc) is 2.98. The monoisotopic (exact) mass is 235 g/mol. The maximum absolute atomic E-state index is 5.81. The molecule has 2 aliphatic rings. The fraction of sp³-hybridized carbons (Fsp3) is 0.846. The molecule has 1 aromatic heterocycles. The van der Waals surface area contributed by atoms with Crippen LogP contribution in [0.25, 0.3) is 0 Å². The van der Waals surface area contributed by atoms with Gasteiger partial charge in [-0.15, -0.1) is 0 Å². The lowest BCUT2D eigenvalue weighted by molar-refractivity contribution is 0.0504. The van der Waals surface area contributed by atoms with Crippen LogP contribution in [0.15, 0.2) is 0 Å². The predicted octanol–water partition coefficient (Wildman–Crippen LogP) is 3.09. The zero-order valence-corrected chi connectivity index (χ0v) is 10.5. The Bertz CT molecular complexity index is 351. The van der Waals surface area contributed by atoms with Crippen LogP contribution < -0.4 is 0 Å². The van der Waals surface area contributed by atoms with E-state index >= 15 is 0 Å². The lowest BCUT2D eigenvalue weighted by atomic mass is 9.89. The third-order valence-electron chi connectivity index (χ3n) is 4.03. The molecule has 1 N–H and O–H groups in total. The number of aromatic amines is 1. The number of aromatic nitrogens is 3. The van der Waals surface area contributed by atoms with E-state index in [4.69, 9.17) is 4.74 Å². The van der Waals surface area contributed by atoms with Gasteiger partial charge < -0.3 is 4.74 Å². The molecule has 0 bridgehead atoms. The predicted molar refractivity (Wildman–Crippen MR) is 64.7 cm³/mol. The quantitative estimate of drug-likeness (QED) is 0.857. The summed E-state index contributed by atoms with van der Waals surface area (Å²) in [5.74, 6) is 2.53. The number of H-pyrrole nitrogens is 1. The lowest BCUT2D eigenvalue weighted by Crippen LogP contribution is -2.07. The molecule has 1 saturated heterocycles. The summed E-state index contributed by atoms with van der Waals surface area (Å²) in [6.07, 6.45) is 9.23. The van der Waals surface area contributed by atoms with Crippen molar-refractivity contribution in [2.24, 2.45) is 0 Å². The van der Waals surface area contributed by atoms with Crippen molar-refractivity contribution < 1.29 is 4.74 Å². The molecule has 1 saturated carbocycles. The zero-order chi connectivity index (χ0) is 11.7. The molecule has 3 rings (SSSR count). The summed E-state index contributed by atoms with van der Waals surface area (Å²) in [7, 11) is 0. The van der Waals surface area contributed by atoms with Gasteiger partial charge in [0.05, 0.1) is 6.10 Å². The molecule has 2 atom stereocenters. The van der Waals surface area contributed by atoms with E-state index in [1.807, 2.05) is 0 Å². The van der Waals surface area contributed by atoms with Crippen LogP contribution in [-0.2, 0) is 4.74 Å². The molecular formula is C13H21N3O. The van der Waals surface area contributed by atoms with Crippen molar-refractivity contribution in [2.45, 2.75) is 70.0 Å². The molecule has 17 heavy (non-hydrogen) atoms. The van der Waals surface area contributed by atoms with Gasteiger partial charge in [0.25, 0.3) is 0 Å². The molecule has 0 radical (unpaired) electrons. The fourth-order valence-corrected chi connectivity index (χ4v) is 2.98. The first-order chi connectivity index (χ1) is 8.33. The number of nitrogens with one attached hydrogen (secondary N) is 1. The largest absolute Gasteiger partial charge is 0.367 e. The molecule has 2 fully saturated rings. The zero-order valence-electron chi connectivity index (χ0n) is 10.5. The maximum atomic E-state index is 5.81. The molecule has 1 aromatic rings. The van der Waals surface area contributed by atoms with E-state index in [2.05, 4.69) is 22.1 Å². The lowest BCUT2D eigenvalue weighted by Gasteiger charge is -2.18. The molecule has 1 aliphatic heterocycles. The van der Waals surface area contributed by atoms with Gasteiger partial charge in [-0.2, -0.15) is 5.10 Å². The third kappa shape index (κ3) is 2.37. The van der Waals surface area contributed by atoms with Crippen molar-refractivity contribution in [2.75, 3.05) is 0 Å². The number of hydrogen-bond donors (Lipinski definition) is 1. The van der Waals surface area contributed by atoms with Gasteiger partial charge in [-0.1, -0.05) is 19.3 Å². The second kappa shape index (κ2) is 4.77. The van der Waals surface area contributed by atoms with E-state index in [1.54, 1.807) is 0 Å². The average molecular weight is 235 g/mol. The van der Waals surface area contributed by atoms with E-state index in [0.29, 0.717) is 12.0 Å². The van der Waals surface area contributed by atoms with Crippen LogP contribution in [0.1, 0.15) is 75.5 Å². The van der Waals surface area contributed by atoms with E-state index < -0.39 is 0 Å². The standard InChI is InChI=1S/C13H21N3O/c1-9-7-8-11(17-9)13-14-12(15-16-13)10-5-3-2-4-6-10/h9-11H,2-8H2,1H3,(H,14,15,16). The van der Waals surface area contributed by atoms with Gasteiger partial charge in [-0.25, -0.2) is 4.98 Å². The van der Waals surface area contributed by atoms with Gasteiger partial charge in [0, 0.05) is 5.92 Å². The fourth-order valence-electron chi connectivity index (χ4n) is 2.98. The first-order valence-corrected chi connectivity index (χ1v) is 6.90. The molecular weight excluding hydrogens is 214 g/mol. The van der Waals surface area contributed by atoms with Crippen LogP contribution in [0.3, 0.4) is 0 Å². The molecule has 4 heteroatoms. The highest BCUT2D eigenvalue weighted by molar-refractivity contribution is 5.02. The van der Waals surface area contributed by atoms with Crippen LogP contribution in [0.4, 0.5) is 0 Å². The second-order valence-corrected chi connectivity index (χ2v) is 5.43. The first-order valence-electron chi connectivity index (χ1n) is 6.90. The number of rotatable bonds is 2. The van der Waals surface area contributed by atoms with Crippen molar-refractivity contribution in [3.05, 3.63) is 11.6 Å². The number of nitrogens with zero attached hydrogens (tertiary/aromatic N) is 2. The highest BCUT2D eigenvalue weighted by atomic mass is 16.5. The Balaban J connectivity index is 1.69. The van der Waals surface area contributed by atoms with Crippen molar-refractivity contribution in [3.8, 4) is 0 Å². The van der Waals surface area contributed by atoms with E-state index in [1.165, 1.54) is 32.1 Å². The minimum Gasteiger partial charge on any atom is -0.367 e. The van der Waals surface area contributed by atoms with Gasteiger partial charge in [0.1, 0.15) is 6.10 Å². The molecule has 0 aromatic carbocycles. The smallest absolute Gasteiger partial charge is 0.153 e. The normalized spacial score (nSPS) is 30.9. The van der Waals surface area contributed by atoms with Gasteiger partial charge in [0.15, 0.2) is 11.6 Å². The molecule has 2 unspecified atom stereocenters. The molecule has 0 amide bonds. The van der Waals surface area contributed by atoms with Gasteiger partial charge in [-0.05, 0) is 32.6 Å². The molecule has 4 nitrogen and oxygen atoms in total. The molecule has 0 spiro atoms. The second-order valence-electron chi connectivity index (χ2n) is 5.43. The van der Waals surface area contributed by atoms with Crippen molar-refractivity contribution in [1.29, 1.82) is 0 Å². The Kier molecular flexibility index (Phi) is 3.14. The van der Waals surface area contributed by atoms with E-state index in [0.717, 1.165) is 24.5 Å². The summed E-state index contributed by atoms with van der Waals surface area (Å²) in [4.78, 5) is 4.66. The van der Waals surface area contributed by atoms with Gasteiger partial charge >= 0.3 is 0 Å². The topological polar surface area (TPSA) is 50.8 Å². The van der Waals surface area contributed by atoms with Crippen LogP contribution in [-0.4, -0.2) is 21.3 Å². The van der Waals surface area contributed by atoms with Crippen LogP contribution in [0, 0.1) is 0 Å². The first kappa shape index (κ1) is 11.2. The van der Waals surface area contributed by atoms with Crippen molar-refractivity contribution >= 4 is 0 Å². The summed E-state index contributed by atoms with van der Waals surface area (Å²) in [6.45, 7) is 2.12. The highest BCUT2D eigenvalue weighted by Crippen LogP contribution is 2.33. The molecule has 2 heterocycles.